The highest BCUT2D eigenvalue weighted by molar-refractivity contribution is 5.40. The minimum absolute atomic E-state index is 0.265. The molecule has 0 fully saturated rings. The van der Waals surface area contributed by atoms with Gasteiger partial charge in [-0.05, 0) is 6.07 Å². The van der Waals surface area contributed by atoms with Crippen LogP contribution in [0.25, 0.3) is 0 Å². The molecular formula is C12H13N3O2. The molecule has 0 amide bonds. The molecule has 1 aromatic carbocycles. The van der Waals surface area contributed by atoms with Crippen molar-refractivity contribution in [3.05, 3.63) is 42.2 Å². The van der Waals surface area contributed by atoms with Crippen LogP contribution in [0, 0.1) is 0 Å². The molecule has 1 heterocycles. The van der Waals surface area contributed by atoms with Crippen molar-refractivity contribution in [2.24, 2.45) is 0 Å². The van der Waals surface area contributed by atoms with Gasteiger partial charge in [-0.2, -0.15) is 0 Å². The predicted molar refractivity (Wildman–Crippen MR) is 64.0 cm³/mol. The van der Waals surface area contributed by atoms with Gasteiger partial charge in [-0.15, -0.1) is 0 Å². The monoisotopic (exact) mass is 231 g/mol. The number of hydrogen-bond acceptors (Lipinski definition) is 5. The zero-order chi connectivity index (χ0) is 12.1. The second-order valence-electron chi connectivity index (χ2n) is 3.43. The summed E-state index contributed by atoms with van der Waals surface area (Å²) in [5.41, 5.74) is 0.810. The van der Waals surface area contributed by atoms with E-state index in [9.17, 15) is 5.11 Å². The van der Waals surface area contributed by atoms with Crippen LogP contribution >= 0.6 is 0 Å². The van der Waals surface area contributed by atoms with E-state index in [1.807, 2.05) is 12.1 Å². The average molecular weight is 231 g/mol. The third kappa shape index (κ3) is 2.84. The molecule has 5 heteroatoms. The molecule has 0 spiro atoms. The summed E-state index contributed by atoms with van der Waals surface area (Å²) in [5, 5.41) is 12.7. The molecule has 0 bridgehead atoms. The number of aromatic hydroxyl groups is 1. The Hall–Kier alpha value is -2.30. The van der Waals surface area contributed by atoms with E-state index in [0.717, 1.165) is 5.56 Å². The van der Waals surface area contributed by atoms with Crippen LogP contribution in [0.5, 0.6) is 11.6 Å². The van der Waals surface area contributed by atoms with Crippen molar-refractivity contribution >= 4 is 5.82 Å². The first-order valence-corrected chi connectivity index (χ1v) is 5.16. The molecule has 2 N–H and O–H groups in total. The summed E-state index contributed by atoms with van der Waals surface area (Å²) in [7, 11) is 1.55. The second-order valence-corrected chi connectivity index (χ2v) is 3.43. The fourth-order valence-corrected chi connectivity index (χ4v) is 1.39. The van der Waals surface area contributed by atoms with Crippen LogP contribution in [0.1, 0.15) is 5.56 Å². The average Bonchev–Trinajstić information content (AvgIpc) is 2.38. The molecule has 0 saturated heterocycles. The van der Waals surface area contributed by atoms with Gasteiger partial charge in [-0.25, -0.2) is 9.97 Å². The van der Waals surface area contributed by atoms with E-state index in [0.29, 0.717) is 18.2 Å². The van der Waals surface area contributed by atoms with E-state index in [4.69, 9.17) is 4.74 Å². The molecule has 1 aromatic heterocycles. The summed E-state index contributed by atoms with van der Waals surface area (Å²) in [6.45, 7) is 0.493. The SMILES string of the molecule is COc1cc(NCc2ccccc2O)ncn1. The third-order valence-corrected chi connectivity index (χ3v) is 2.30. The van der Waals surface area contributed by atoms with Gasteiger partial charge in [0.05, 0.1) is 7.11 Å². The van der Waals surface area contributed by atoms with Gasteiger partial charge in [0.1, 0.15) is 17.9 Å². The zero-order valence-corrected chi connectivity index (χ0v) is 9.42. The zero-order valence-electron chi connectivity index (χ0n) is 9.42. The number of phenolic OH excluding ortho intramolecular Hbond substituents is 1. The number of rotatable bonds is 4. The van der Waals surface area contributed by atoms with Crippen LogP contribution in [0.2, 0.25) is 0 Å². The molecule has 0 unspecified atom stereocenters. The van der Waals surface area contributed by atoms with E-state index in [-0.39, 0.29) is 5.75 Å². The van der Waals surface area contributed by atoms with E-state index in [1.165, 1.54) is 6.33 Å². The van der Waals surface area contributed by atoms with Crippen molar-refractivity contribution in [1.82, 2.24) is 9.97 Å². The van der Waals surface area contributed by atoms with Crippen molar-refractivity contribution in [3.63, 3.8) is 0 Å². The maximum absolute atomic E-state index is 9.59. The first kappa shape index (κ1) is 11.2. The van der Waals surface area contributed by atoms with Crippen molar-refractivity contribution in [1.29, 1.82) is 0 Å². The molecule has 17 heavy (non-hydrogen) atoms. The number of aromatic nitrogens is 2. The number of anilines is 1. The number of para-hydroxylation sites is 1. The van der Waals surface area contributed by atoms with Gasteiger partial charge >= 0.3 is 0 Å². The second kappa shape index (κ2) is 5.16. The molecule has 88 valence electrons. The van der Waals surface area contributed by atoms with Crippen LogP contribution in [0.3, 0.4) is 0 Å². The summed E-state index contributed by atoms with van der Waals surface area (Å²) in [6, 6.07) is 8.85. The van der Waals surface area contributed by atoms with Crippen LogP contribution in [0.4, 0.5) is 5.82 Å². The Morgan fingerprint density at radius 1 is 1.29 bits per heavy atom. The highest BCUT2D eigenvalue weighted by Gasteiger charge is 2.01. The Labute approximate surface area is 99.1 Å². The predicted octanol–water partition coefficient (Wildman–Crippen LogP) is 1.80. The summed E-state index contributed by atoms with van der Waals surface area (Å²) in [5.74, 6) is 1.42. The van der Waals surface area contributed by atoms with Crippen molar-refractivity contribution in [3.8, 4) is 11.6 Å². The largest absolute Gasteiger partial charge is 0.508 e. The van der Waals surface area contributed by atoms with Gasteiger partial charge < -0.3 is 15.2 Å². The standard InChI is InChI=1S/C12H13N3O2/c1-17-12-6-11(14-8-15-12)13-7-9-4-2-3-5-10(9)16/h2-6,8,16H,7H2,1H3,(H,13,14,15). The lowest BCUT2D eigenvalue weighted by atomic mass is 10.2. The summed E-state index contributed by atoms with van der Waals surface area (Å²) in [6.07, 6.45) is 1.42. The molecule has 0 aliphatic rings. The van der Waals surface area contributed by atoms with Crippen LogP contribution < -0.4 is 10.1 Å². The van der Waals surface area contributed by atoms with E-state index in [1.54, 1.807) is 25.3 Å². The molecule has 0 aliphatic heterocycles. The number of benzene rings is 1. The Bertz CT molecular complexity index is 503. The first-order valence-electron chi connectivity index (χ1n) is 5.16. The molecular weight excluding hydrogens is 218 g/mol. The number of methoxy groups -OCH3 is 1. The van der Waals surface area contributed by atoms with Crippen molar-refractivity contribution in [2.45, 2.75) is 6.54 Å². The molecule has 0 atom stereocenters. The lowest BCUT2D eigenvalue weighted by Crippen LogP contribution is -2.02. The third-order valence-electron chi connectivity index (χ3n) is 2.30. The van der Waals surface area contributed by atoms with Crippen LogP contribution in [-0.4, -0.2) is 22.2 Å². The van der Waals surface area contributed by atoms with Gasteiger partial charge in [0.15, 0.2) is 0 Å². The Morgan fingerprint density at radius 2 is 2.12 bits per heavy atom. The molecule has 0 radical (unpaired) electrons. The Kier molecular flexibility index (Phi) is 3.40. The van der Waals surface area contributed by atoms with Crippen LogP contribution in [0.15, 0.2) is 36.7 Å². The first-order chi connectivity index (χ1) is 8.29. The van der Waals surface area contributed by atoms with Crippen molar-refractivity contribution in [2.75, 3.05) is 12.4 Å². The van der Waals surface area contributed by atoms with Gasteiger partial charge in [0.2, 0.25) is 5.88 Å². The maximum Gasteiger partial charge on any atom is 0.218 e. The molecule has 0 saturated carbocycles. The topological polar surface area (TPSA) is 67.3 Å². The van der Waals surface area contributed by atoms with Gasteiger partial charge in [-0.1, -0.05) is 18.2 Å². The summed E-state index contributed by atoms with van der Waals surface area (Å²) >= 11 is 0. The number of ether oxygens (including phenoxy) is 1. The van der Waals surface area contributed by atoms with Gasteiger partial charge in [-0.3, -0.25) is 0 Å². The Balaban J connectivity index is 2.05. The molecule has 0 aliphatic carbocycles. The fourth-order valence-electron chi connectivity index (χ4n) is 1.39. The molecule has 2 aromatic rings. The van der Waals surface area contributed by atoms with E-state index < -0.39 is 0 Å². The number of nitrogens with zero attached hydrogens (tertiary/aromatic N) is 2. The molecule has 2 rings (SSSR count). The normalized spacial score (nSPS) is 9.94. The van der Waals surface area contributed by atoms with Crippen molar-refractivity contribution < 1.29 is 9.84 Å². The summed E-state index contributed by atoms with van der Waals surface area (Å²) in [4.78, 5) is 7.96. The van der Waals surface area contributed by atoms with Gasteiger partial charge in [0.25, 0.3) is 0 Å². The number of nitrogens with one attached hydrogen (secondary N) is 1. The van der Waals surface area contributed by atoms with E-state index in [2.05, 4.69) is 15.3 Å². The minimum atomic E-state index is 0.265. The smallest absolute Gasteiger partial charge is 0.218 e. The lowest BCUT2D eigenvalue weighted by molar-refractivity contribution is 0.397. The minimum Gasteiger partial charge on any atom is -0.508 e. The van der Waals surface area contributed by atoms with Gasteiger partial charge in [0, 0.05) is 18.2 Å². The highest BCUT2D eigenvalue weighted by Crippen LogP contribution is 2.17. The maximum atomic E-state index is 9.59. The van der Waals surface area contributed by atoms with E-state index >= 15 is 0 Å². The number of hydrogen-bond donors (Lipinski definition) is 2. The quantitative estimate of drug-likeness (QED) is 0.839. The summed E-state index contributed by atoms with van der Waals surface area (Å²) < 4.78 is 4.99. The lowest BCUT2D eigenvalue weighted by Gasteiger charge is -2.07. The number of phenols is 1. The highest BCUT2D eigenvalue weighted by atomic mass is 16.5. The van der Waals surface area contributed by atoms with Crippen LogP contribution in [-0.2, 0) is 6.54 Å². The Morgan fingerprint density at radius 3 is 2.88 bits per heavy atom. The fraction of sp³-hybridized carbons (Fsp3) is 0.167. The molecule has 5 nitrogen and oxygen atoms in total.